The van der Waals surface area contributed by atoms with E-state index in [1.807, 2.05) is 12.1 Å². The van der Waals surface area contributed by atoms with Gasteiger partial charge in [0.2, 0.25) is 0 Å². The summed E-state index contributed by atoms with van der Waals surface area (Å²) in [6.07, 6.45) is 4.93. The number of amides is 3. The number of piperidine rings is 1. The van der Waals surface area contributed by atoms with E-state index in [2.05, 4.69) is 15.5 Å². The van der Waals surface area contributed by atoms with Crippen LogP contribution in [0.5, 0.6) is 0 Å². The minimum absolute atomic E-state index is 0.0499. The summed E-state index contributed by atoms with van der Waals surface area (Å²) in [5.74, 6) is -0.0499. The summed E-state index contributed by atoms with van der Waals surface area (Å²) >= 11 is 0. The minimum Gasteiger partial charge on any atom is -0.352 e. The molecule has 130 valence electrons. The van der Waals surface area contributed by atoms with Crippen LogP contribution in [0.25, 0.3) is 0 Å². The second-order valence-corrected chi connectivity index (χ2v) is 6.44. The van der Waals surface area contributed by atoms with Crippen molar-refractivity contribution in [1.29, 1.82) is 0 Å². The van der Waals surface area contributed by atoms with Gasteiger partial charge in [-0.05, 0) is 63.2 Å². The summed E-state index contributed by atoms with van der Waals surface area (Å²) in [6.45, 7) is 5.48. The Morgan fingerprint density at radius 2 is 1.83 bits per heavy atom. The highest BCUT2D eigenvalue weighted by Gasteiger charge is 2.21. The number of carbonyl (C=O) groups is 2. The number of nitrogens with zero attached hydrogens (tertiary/aromatic N) is 2. The summed E-state index contributed by atoms with van der Waals surface area (Å²) in [4.78, 5) is 28.0. The number of likely N-dealkylation sites (tertiary alicyclic amines) is 1. The van der Waals surface area contributed by atoms with Crippen molar-refractivity contribution in [2.24, 2.45) is 0 Å². The lowest BCUT2D eigenvalue weighted by Gasteiger charge is -2.26. The number of urea groups is 1. The van der Waals surface area contributed by atoms with Gasteiger partial charge in [0.05, 0.1) is 0 Å². The average Bonchev–Trinajstić information content (AvgIpc) is 3.05. The van der Waals surface area contributed by atoms with Gasteiger partial charge in [-0.2, -0.15) is 0 Å². The summed E-state index contributed by atoms with van der Waals surface area (Å²) in [6, 6.07) is 7.13. The van der Waals surface area contributed by atoms with Gasteiger partial charge in [-0.25, -0.2) is 4.79 Å². The fourth-order valence-electron chi connectivity index (χ4n) is 3.30. The highest BCUT2D eigenvalue weighted by Crippen LogP contribution is 2.17. The number of rotatable bonds is 6. The largest absolute Gasteiger partial charge is 0.352 e. The second-order valence-electron chi connectivity index (χ2n) is 6.44. The molecule has 3 rings (SSSR count). The van der Waals surface area contributed by atoms with Gasteiger partial charge in [-0.1, -0.05) is 6.42 Å². The van der Waals surface area contributed by atoms with Crippen LogP contribution in [0.4, 0.5) is 10.5 Å². The molecule has 0 aliphatic carbocycles. The van der Waals surface area contributed by atoms with Crippen LogP contribution in [0, 0.1) is 0 Å². The highest BCUT2D eigenvalue weighted by molar-refractivity contribution is 5.96. The molecule has 2 aliphatic rings. The van der Waals surface area contributed by atoms with Gasteiger partial charge in [0.15, 0.2) is 0 Å². The lowest BCUT2D eigenvalue weighted by atomic mass is 10.1. The molecule has 2 saturated heterocycles. The van der Waals surface area contributed by atoms with E-state index in [0.29, 0.717) is 25.2 Å². The maximum absolute atomic E-state index is 12.2. The molecule has 2 aliphatic heterocycles. The predicted octanol–water partition coefficient (Wildman–Crippen LogP) is 1.82. The predicted molar refractivity (Wildman–Crippen MR) is 94.4 cm³/mol. The van der Waals surface area contributed by atoms with Crippen molar-refractivity contribution >= 4 is 17.6 Å². The van der Waals surface area contributed by atoms with E-state index in [1.165, 1.54) is 32.4 Å². The molecule has 0 unspecified atom stereocenters. The molecule has 2 fully saturated rings. The standard InChI is InChI=1S/C18H26N4O2/c23-17(19-9-4-13-21-11-2-1-3-12-21)15-5-7-16(8-6-15)22-14-10-20-18(22)24/h5-8H,1-4,9-14H2,(H,19,23)(H,20,24). The smallest absolute Gasteiger partial charge is 0.321 e. The Labute approximate surface area is 143 Å². The van der Waals surface area contributed by atoms with Gasteiger partial charge in [0.25, 0.3) is 5.91 Å². The molecule has 3 amide bonds. The summed E-state index contributed by atoms with van der Waals surface area (Å²) in [7, 11) is 0. The summed E-state index contributed by atoms with van der Waals surface area (Å²) < 4.78 is 0. The molecule has 2 N–H and O–H groups in total. The molecule has 2 heterocycles. The zero-order chi connectivity index (χ0) is 16.8. The van der Waals surface area contributed by atoms with E-state index in [0.717, 1.165) is 18.7 Å². The van der Waals surface area contributed by atoms with Gasteiger partial charge in [0.1, 0.15) is 0 Å². The van der Waals surface area contributed by atoms with Crippen LogP contribution in [0.15, 0.2) is 24.3 Å². The molecule has 6 heteroatoms. The van der Waals surface area contributed by atoms with E-state index in [-0.39, 0.29) is 11.9 Å². The SMILES string of the molecule is O=C(NCCCN1CCCCC1)c1ccc(N2CCNC2=O)cc1. The fraction of sp³-hybridized carbons (Fsp3) is 0.556. The number of carbonyl (C=O) groups excluding carboxylic acids is 2. The van der Waals surface area contributed by atoms with Crippen LogP contribution >= 0.6 is 0 Å². The van der Waals surface area contributed by atoms with Crippen LogP contribution in [0.1, 0.15) is 36.0 Å². The molecule has 6 nitrogen and oxygen atoms in total. The Hall–Kier alpha value is -2.08. The molecular formula is C18H26N4O2. The van der Waals surface area contributed by atoms with Crippen LogP contribution in [0.3, 0.4) is 0 Å². The third kappa shape index (κ3) is 4.26. The monoisotopic (exact) mass is 330 g/mol. The highest BCUT2D eigenvalue weighted by atomic mass is 16.2. The summed E-state index contributed by atoms with van der Waals surface area (Å²) in [5, 5.41) is 5.75. The van der Waals surface area contributed by atoms with Crippen LogP contribution < -0.4 is 15.5 Å². The number of nitrogens with one attached hydrogen (secondary N) is 2. The zero-order valence-corrected chi connectivity index (χ0v) is 14.1. The number of hydrogen-bond acceptors (Lipinski definition) is 3. The fourth-order valence-corrected chi connectivity index (χ4v) is 3.30. The van der Waals surface area contributed by atoms with Crippen molar-refractivity contribution in [3.63, 3.8) is 0 Å². The first kappa shape index (κ1) is 16.8. The maximum Gasteiger partial charge on any atom is 0.321 e. The topological polar surface area (TPSA) is 64.7 Å². The van der Waals surface area contributed by atoms with Crippen molar-refractivity contribution in [1.82, 2.24) is 15.5 Å². The van der Waals surface area contributed by atoms with Crippen LogP contribution in [-0.2, 0) is 0 Å². The number of hydrogen-bond donors (Lipinski definition) is 2. The third-order valence-electron chi connectivity index (χ3n) is 4.68. The Bertz CT molecular complexity index is 567. The van der Waals surface area contributed by atoms with Gasteiger partial charge < -0.3 is 15.5 Å². The van der Waals surface area contributed by atoms with Gasteiger partial charge in [-0.15, -0.1) is 0 Å². The molecule has 0 saturated carbocycles. The van der Waals surface area contributed by atoms with E-state index in [1.54, 1.807) is 17.0 Å². The van der Waals surface area contributed by atoms with Crippen molar-refractivity contribution in [2.75, 3.05) is 44.2 Å². The van der Waals surface area contributed by atoms with E-state index < -0.39 is 0 Å². The Balaban J connectivity index is 1.42. The van der Waals surface area contributed by atoms with Crippen LogP contribution in [-0.4, -0.2) is 56.1 Å². The van der Waals surface area contributed by atoms with Crippen molar-refractivity contribution in [3.8, 4) is 0 Å². The molecule has 0 radical (unpaired) electrons. The van der Waals surface area contributed by atoms with Crippen molar-refractivity contribution < 1.29 is 9.59 Å². The van der Waals surface area contributed by atoms with Gasteiger partial charge in [0, 0.05) is 30.9 Å². The Kier molecular flexibility index (Phi) is 5.69. The first-order valence-electron chi connectivity index (χ1n) is 8.90. The van der Waals surface area contributed by atoms with Gasteiger partial charge in [-0.3, -0.25) is 9.69 Å². The second kappa shape index (κ2) is 8.15. The third-order valence-corrected chi connectivity index (χ3v) is 4.68. The molecule has 1 aromatic rings. The van der Waals surface area contributed by atoms with Gasteiger partial charge >= 0.3 is 6.03 Å². The first-order chi connectivity index (χ1) is 11.7. The summed E-state index contributed by atoms with van der Waals surface area (Å²) in [5.41, 5.74) is 1.46. The quantitative estimate of drug-likeness (QED) is 0.782. The molecule has 0 atom stereocenters. The molecule has 0 aromatic heterocycles. The molecule has 1 aromatic carbocycles. The minimum atomic E-state index is -0.0788. The zero-order valence-electron chi connectivity index (χ0n) is 14.1. The molecule has 24 heavy (non-hydrogen) atoms. The Morgan fingerprint density at radius 1 is 1.08 bits per heavy atom. The lowest BCUT2D eigenvalue weighted by molar-refractivity contribution is 0.0951. The van der Waals surface area contributed by atoms with Crippen LogP contribution in [0.2, 0.25) is 0 Å². The Morgan fingerprint density at radius 3 is 2.50 bits per heavy atom. The number of benzene rings is 1. The average molecular weight is 330 g/mol. The lowest BCUT2D eigenvalue weighted by Crippen LogP contribution is -2.33. The van der Waals surface area contributed by atoms with Crippen molar-refractivity contribution in [3.05, 3.63) is 29.8 Å². The van der Waals surface area contributed by atoms with E-state index in [9.17, 15) is 9.59 Å². The molecule has 0 bridgehead atoms. The first-order valence-corrected chi connectivity index (χ1v) is 8.90. The van der Waals surface area contributed by atoms with E-state index in [4.69, 9.17) is 0 Å². The molecular weight excluding hydrogens is 304 g/mol. The number of anilines is 1. The molecule has 0 spiro atoms. The van der Waals surface area contributed by atoms with Crippen molar-refractivity contribution in [2.45, 2.75) is 25.7 Å². The van der Waals surface area contributed by atoms with E-state index >= 15 is 0 Å². The maximum atomic E-state index is 12.2. The normalized spacial score (nSPS) is 18.5.